The third-order valence-corrected chi connectivity index (χ3v) is 4.73. The minimum absolute atomic E-state index is 0.260. The highest BCUT2D eigenvalue weighted by Crippen LogP contribution is 2.37. The largest absolute Gasteiger partial charge is 0.338 e. The number of carbonyl (C=O) groups is 1. The van der Waals surface area contributed by atoms with Crippen molar-refractivity contribution in [1.29, 1.82) is 0 Å². The van der Waals surface area contributed by atoms with Crippen molar-refractivity contribution in [2.24, 2.45) is 10.4 Å². The van der Waals surface area contributed by atoms with Crippen LogP contribution < -0.4 is 0 Å². The van der Waals surface area contributed by atoms with Gasteiger partial charge in [0.1, 0.15) is 5.41 Å². The second-order valence-corrected chi connectivity index (χ2v) is 7.10. The Hall–Kier alpha value is -1.49. The second kappa shape index (κ2) is 8.75. The Bertz CT molecular complexity index is 624. The van der Waals surface area contributed by atoms with Crippen molar-refractivity contribution in [3.8, 4) is 0 Å². The molecule has 0 aliphatic carbocycles. The first-order valence-corrected chi connectivity index (χ1v) is 8.85. The quantitative estimate of drug-likeness (QED) is 0.566. The highest BCUT2D eigenvalue weighted by Gasteiger charge is 2.49. The van der Waals surface area contributed by atoms with E-state index in [9.17, 15) is 13.6 Å². The van der Waals surface area contributed by atoms with Crippen molar-refractivity contribution in [2.45, 2.75) is 60.1 Å². The summed E-state index contributed by atoms with van der Waals surface area (Å²) in [4.78, 5) is 18.3. The zero-order valence-corrected chi connectivity index (χ0v) is 16.3. The van der Waals surface area contributed by atoms with Gasteiger partial charge in [0.05, 0.1) is 6.54 Å². The van der Waals surface area contributed by atoms with Crippen LogP contribution in [0.1, 0.15) is 52.2 Å². The standard InChI is InChI=1S/C19H27ClF2N2O/c1-6-10-23-12-15-11-14(8-9-16(15)20)13-24(7-2)17(25)18(3,4)19(5,21)22/h8-11H,6-7,12-13H2,1-5H3. The number of benzene rings is 1. The van der Waals surface area contributed by atoms with Crippen LogP contribution in [-0.4, -0.2) is 29.5 Å². The first kappa shape index (κ1) is 21.6. The van der Waals surface area contributed by atoms with E-state index in [0.717, 1.165) is 24.5 Å². The van der Waals surface area contributed by atoms with Crippen LogP contribution in [0.3, 0.4) is 0 Å². The maximum absolute atomic E-state index is 13.8. The molecular formula is C19H27ClF2N2O. The number of amides is 1. The van der Waals surface area contributed by atoms with Crippen LogP contribution in [0.25, 0.3) is 0 Å². The van der Waals surface area contributed by atoms with E-state index >= 15 is 0 Å². The summed E-state index contributed by atoms with van der Waals surface area (Å²) in [5, 5.41) is 0.604. The van der Waals surface area contributed by atoms with Crippen molar-refractivity contribution in [2.75, 3.05) is 6.54 Å². The van der Waals surface area contributed by atoms with E-state index in [2.05, 4.69) is 4.99 Å². The molecular weight excluding hydrogens is 346 g/mol. The monoisotopic (exact) mass is 372 g/mol. The molecule has 1 rings (SSSR count). The summed E-state index contributed by atoms with van der Waals surface area (Å²) in [5.74, 6) is -3.67. The van der Waals surface area contributed by atoms with Gasteiger partial charge in [-0.3, -0.25) is 9.79 Å². The third-order valence-electron chi connectivity index (χ3n) is 4.36. The highest BCUT2D eigenvalue weighted by molar-refractivity contribution is 6.31. The molecule has 6 heteroatoms. The molecule has 0 atom stereocenters. The Balaban J connectivity index is 3.00. The van der Waals surface area contributed by atoms with Gasteiger partial charge in [-0.2, -0.15) is 0 Å². The lowest BCUT2D eigenvalue weighted by molar-refractivity contribution is -0.162. The van der Waals surface area contributed by atoms with Gasteiger partial charge in [0.2, 0.25) is 5.91 Å². The fourth-order valence-electron chi connectivity index (χ4n) is 2.27. The number of nitrogens with zero attached hydrogens (tertiary/aromatic N) is 2. The van der Waals surface area contributed by atoms with Gasteiger partial charge in [-0.1, -0.05) is 30.7 Å². The van der Waals surface area contributed by atoms with E-state index in [1.807, 2.05) is 25.3 Å². The maximum atomic E-state index is 13.8. The van der Waals surface area contributed by atoms with Gasteiger partial charge in [0, 0.05) is 25.0 Å². The van der Waals surface area contributed by atoms with Gasteiger partial charge in [-0.15, -0.1) is 0 Å². The fraction of sp³-hybridized carbons (Fsp3) is 0.579. The molecule has 0 fully saturated rings. The lowest BCUT2D eigenvalue weighted by atomic mass is 9.84. The molecule has 0 aliphatic heterocycles. The van der Waals surface area contributed by atoms with Gasteiger partial charge in [0.15, 0.2) is 0 Å². The fourth-order valence-corrected chi connectivity index (χ4v) is 2.45. The SMILES string of the molecule is CCC=NCc1cc(CN(CC)C(=O)C(C)(C)C(C)(F)F)ccc1Cl. The molecule has 3 nitrogen and oxygen atoms in total. The first-order chi connectivity index (χ1) is 11.5. The average Bonchev–Trinajstić information content (AvgIpc) is 2.53. The normalized spacial score (nSPS) is 12.6. The van der Waals surface area contributed by atoms with Crippen LogP contribution >= 0.6 is 11.6 Å². The lowest BCUT2D eigenvalue weighted by Gasteiger charge is -2.35. The molecule has 0 saturated heterocycles. The Labute approximate surface area is 154 Å². The molecule has 1 amide bonds. The molecule has 0 aliphatic rings. The molecule has 0 N–H and O–H groups in total. The van der Waals surface area contributed by atoms with E-state index in [-0.39, 0.29) is 6.54 Å². The summed E-state index contributed by atoms with van der Waals surface area (Å²) in [6, 6.07) is 5.44. The summed E-state index contributed by atoms with van der Waals surface area (Å²) in [6.45, 7) is 8.20. The van der Waals surface area contributed by atoms with Gasteiger partial charge >= 0.3 is 0 Å². The second-order valence-electron chi connectivity index (χ2n) is 6.69. The average molecular weight is 373 g/mol. The smallest absolute Gasteiger partial charge is 0.259 e. The molecule has 0 heterocycles. The van der Waals surface area contributed by atoms with E-state index < -0.39 is 17.2 Å². The zero-order chi connectivity index (χ0) is 19.3. The van der Waals surface area contributed by atoms with Gasteiger partial charge < -0.3 is 4.90 Å². The van der Waals surface area contributed by atoms with E-state index in [0.29, 0.717) is 18.1 Å². The van der Waals surface area contributed by atoms with Crippen LogP contribution in [-0.2, 0) is 17.9 Å². The van der Waals surface area contributed by atoms with Crippen molar-refractivity contribution < 1.29 is 13.6 Å². The lowest BCUT2D eigenvalue weighted by Crippen LogP contribution is -2.49. The molecule has 0 bridgehead atoms. The molecule has 0 radical (unpaired) electrons. The number of hydrogen-bond donors (Lipinski definition) is 0. The van der Waals surface area contributed by atoms with E-state index in [1.54, 1.807) is 13.0 Å². The molecule has 1 aromatic carbocycles. The Kier molecular flexibility index (Phi) is 7.54. The predicted octanol–water partition coefficient (Wildman–Crippen LogP) is 5.35. The number of hydrogen-bond acceptors (Lipinski definition) is 2. The van der Waals surface area contributed by atoms with Crippen molar-refractivity contribution >= 4 is 23.7 Å². The maximum Gasteiger partial charge on any atom is 0.259 e. The first-order valence-electron chi connectivity index (χ1n) is 8.47. The van der Waals surface area contributed by atoms with Crippen LogP contribution in [0.4, 0.5) is 8.78 Å². The Morgan fingerprint density at radius 1 is 1.28 bits per heavy atom. The van der Waals surface area contributed by atoms with E-state index in [4.69, 9.17) is 11.6 Å². The highest BCUT2D eigenvalue weighted by atomic mass is 35.5. The van der Waals surface area contributed by atoms with Crippen molar-refractivity contribution in [1.82, 2.24) is 4.90 Å². The van der Waals surface area contributed by atoms with Crippen LogP contribution in [0, 0.1) is 5.41 Å². The summed E-state index contributed by atoms with van der Waals surface area (Å²) in [6.07, 6.45) is 2.66. The van der Waals surface area contributed by atoms with Gasteiger partial charge in [-0.25, -0.2) is 8.78 Å². The zero-order valence-electron chi connectivity index (χ0n) is 15.6. The predicted molar refractivity (Wildman–Crippen MR) is 99.4 cm³/mol. The van der Waals surface area contributed by atoms with Crippen molar-refractivity contribution in [3.63, 3.8) is 0 Å². The van der Waals surface area contributed by atoms with Crippen molar-refractivity contribution in [3.05, 3.63) is 34.3 Å². The third kappa shape index (κ3) is 5.50. The number of halogens is 3. The number of alkyl halides is 2. The van der Waals surface area contributed by atoms with Crippen LogP contribution in [0.2, 0.25) is 5.02 Å². The van der Waals surface area contributed by atoms with E-state index in [1.165, 1.54) is 18.7 Å². The minimum Gasteiger partial charge on any atom is -0.338 e. The van der Waals surface area contributed by atoms with Crippen LogP contribution in [0.15, 0.2) is 23.2 Å². The van der Waals surface area contributed by atoms with Gasteiger partial charge in [0.25, 0.3) is 5.92 Å². The summed E-state index contributed by atoms with van der Waals surface area (Å²) in [7, 11) is 0. The molecule has 140 valence electrons. The van der Waals surface area contributed by atoms with Gasteiger partial charge in [-0.05, 0) is 50.6 Å². The summed E-state index contributed by atoms with van der Waals surface area (Å²) < 4.78 is 27.6. The molecule has 0 saturated carbocycles. The molecule has 0 spiro atoms. The Morgan fingerprint density at radius 2 is 1.92 bits per heavy atom. The minimum atomic E-state index is -3.10. The number of carbonyl (C=O) groups excluding carboxylic acids is 1. The summed E-state index contributed by atoms with van der Waals surface area (Å²) >= 11 is 6.19. The molecule has 0 unspecified atom stereocenters. The topological polar surface area (TPSA) is 32.7 Å². The van der Waals surface area contributed by atoms with Crippen LogP contribution in [0.5, 0.6) is 0 Å². The molecule has 0 aromatic heterocycles. The summed E-state index contributed by atoms with van der Waals surface area (Å²) in [5.41, 5.74) is -0.0621. The number of rotatable bonds is 8. The Morgan fingerprint density at radius 3 is 2.44 bits per heavy atom. The number of aliphatic imine (C=N–C) groups is 1. The molecule has 25 heavy (non-hydrogen) atoms. The molecule has 1 aromatic rings.